The van der Waals surface area contributed by atoms with Crippen molar-refractivity contribution in [1.82, 2.24) is 14.6 Å². The molecular formula is C14H10BrN3O. The summed E-state index contributed by atoms with van der Waals surface area (Å²) in [7, 11) is 0. The lowest BCUT2D eigenvalue weighted by Gasteiger charge is -1.99. The number of carbonyl (C=O) groups is 1. The summed E-state index contributed by atoms with van der Waals surface area (Å²) in [6.45, 7) is 1.54. The largest absolute Gasteiger partial charge is 0.294 e. The molecule has 19 heavy (non-hydrogen) atoms. The van der Waals surface area contributed by atoms with E-state index < -0.39 is 0 Å². The average Bonchev–Trinajstić information content (AvgIpc) is 2.78. The van der Waals surface area contributed by atoms with Crippen molar-refractivity contribution in [3.8, 4) is 11.3 Å². The van der Waals surface area contributed by atoms with E-state index in [0.717, 1.165) is 10.0 Å². The molecule has 4 nitrogen and oxygen atoms in total. The lowest BCUT2D eigenvalue weighted by atomic mass is 10.1. The van der Waals surface area contributed by atoms with E-state index >= 15 is 0 Å². The van der Waals surface area contributed by atoms with E-state index in [2.05, 4.69) is 26.0 Å². The topological polar surface area (TPSA) is 47.3 Å². The second kappa shape index (κ2) is 4.59. The molecule has 0 aliphatic heterocycles. The standard InChI is InChI=1S/C14H10BrN3O/c1-9(19)12-13(10-3-5-11(15)6-4-10)17-18-8-2-7-16-14(12)18/h2-8H,1H3. The van der Waals surface area contributed by atoms with Gasteiger partial charge in [-0.15, -0.1) is 0 Å². The third-order valence-corrected chi connectivity index (χ3v) is 3.39. The Bertz CT molecular complexity index is 762. The summed E-state index contributed by atoms with van der Waals surface area (Å²) in [5.41, 5.74) is 2.72. The predicted octanol–water partition coefficient (Wildman–Crippen LogP) is 3.36. The van der Waals surface area contributed by atoms with Gasteiger partial charge in [-0.05, 0) is 25.1 Å². The van der Waals surface area contributed by atoms with Crippen LogP contribution >= 0.6 is 15.9 Å². The molecule has 0 aliphatic carbocycles. The normalized spacial score (nSPS) is 10.8. The van der Waals surface area contributed by atoms with Crippen molar-refractivity contribution in [2.75, 3.05) is 0 Å². The Morgan fingerprint density at radius 2 is 2.00 bits per heavy atom. The van der Waals surface area contributed by atoms with Crippen molar-refractivity contribution in [2.45, 2.75) is 6.92 Å². The monoisotopic (exact) mass is 315 g/mol. The number of aromatic nitrogens is 3. The first-order chi connectivity index (χ1) is 9.16. The van der Waals surface area contributed by atoms with Crippen molar-refractivity contribution in [3.63, 3.8) is 0 Å². The Morgan fingerprint density at radius 1 is 1.26 bits per heavy atom. The van der Waals surface area contributed by atoms with Crippen LogP contribution in [0.4, 0.5) is 0 Å². The lowest BCUT2D eigenvalue weighted by Crippen LogP contribution is -1.95. The molecule has 0 atom stereocenters. The van der Waals surface area contributed by atoms with Gasteiger partial charge in [-0.2, -0.15) is 5.10 Å². The van der Waals surface area contributed by atoms with Gasteiger partial charge < -0.3 is 0 Å². The minimum Gasteiger partial charge on any atom is -0.294 e. The number of hydrogen-bond acceptors (Lipinski definition) is 3. The molecule has 0 radical (unpaired) electrons. The van der Waals surface area contributed by atoms with Gasteiger partial charge >= 0.3 is 0 Å². The van der Waals surface area contributed by atoms with Crippen molar-refractivity contribution >= 4 is 27.4 Å². The van der Waals surface area contributed by atoms with Crippen LogP contribution in [0.15, 0.2) is 47.2 Å². The molecule has 3 aromatic rings. The van der Waals surface area contributed by atoms with Crippen molar-refractivity contribution < 1.29 is 4.79 Å². The van der Waals surface area contributed by atoms with E-state index in [4.69, 9.17) is 0 Å². The van der Waals surface area contributed by atoms with Crippen LogP contribution in [0.2, 0.25) is 0 Å². The third-order valence-electron chi connectivity index (χ3n) is 2.87. The summed E-state index contributed by atoms with van der Waals surface area (Å²) in [6.07, 6.45) is 3.45. The van der Waals surface area contributed by atoms with E-state index in [1.807, 2.05) is 24.3 Å². The summed E-state index contributed by atoms with van der Waals surface area (Å²) in [5.74, 6) is -0.0355. The predicted molar refractivity (Wildman–Crippen MR) is 76.1 cm³/mol. The molecule has 0 N–H and O–H groups in total. The zero-order valence-corrected chi connectivity index (χ0v) is 11.8. The number of Topliss-reactive ketones (excluding diaryl/α,β-unsaturated/α-hetero) is 1. The molecule has 1 aromatic carbocycles. The van der Waals surface area contributed by atoms with E-state index in [0.29, 0.717) is 16.9 Å². The molecule has 94 valence electrons. The second-order valence-electron chi connectivity index (χ2n) is 4.17. The minimum absolute atomic E-state index is 0.0355. The Labute approximate surface area is 118 Å². The molecule has 2 aromatic heterocycles. The molecule has 0 bridgehead atoms. The Balaban J connectivity index is 2.31. The molecule has 0 spiro atoms. The van der Waals surface area contributed by atoms with Gasteiger partial charge in [0.2, 0.25) is 0 Å². The zero-order chi connectivity index (χ0) is 13.4. The molecule has 3 rings (SSSR count). The SMILES string of the molecule is CC(=O)c1c(-c2ccc(Br)cc2)nn2cccnc12. The van der Waals surface area contributed by atoms with Gasteiger partial charge in [0.1, 0.15) is 5.69 Å². The number of nitrogens with zero attached hydrogens (tertiary/aromatic N) is 3. The highest BCUT2D eigenvalue weighted by molar-refractivity contribution is 9.10. The van der Waals surface area contributed by atoms with Crippen LogP contribution in [0.25, 0.3) is 16.9 Å². The fourth-order valence-corrected chi connectivity index (χ4v) is 2.29. The number of hydrogen-bond donors (Lipinski definition) is 0. The summed E-state index contributed by atoms with van der Waals surface area (Å²) in [5, 5.41) is 4.45. The maximum atomic E-state index is 11.9. The number of ketones is 1. The van der Waals surface area contributed by atoms with Gasteiger partial charge in [-0.1, -0.05) is 28.1 Å². The highest BCUT2D eigenvalue weighted by Gasteiger charge is 2.18. The quantitative estimate of drug-likeness (QED) is 0.681. The summed E-state index contributed by atoms with van der Waals surface area (Å²) in [6, 6.07) is 9.50. The van der Waals surface area contributed by atoms with Crippen LogP contribution in [0.1, 0.15) is 17.3 Å². The lowest BCUT2D eigenvalue weighted by molar-refractivity contribution is 0.101. The van der Waals surface area contributed by atoms with Crippen molar-refractivity contribution in [2.24, 2.45) is 0 Å². The molecule has 0 amide bonds. The maximum Gasteiger partial charge on any atom is 0.166 e. The van der Waals surface area contributed by atoms with E-state index in [1.165, 1.54) is 6.92 Å². The Morgan fingerprint density at radius 3 is 2.68 bits per heavy atom. The Kier molecular flexibility index (Phi) is 2.91. The van der Waals surface area contributed by atoms with Gasteiger partial charge in [0.25, 0.3) is 0 Å². The first-order valence-corrected chi connectivity index (χ1v) is 6.56. The molecular weight excluding hydrogens is 306 g/mol. The van der Waals surface area contributed by atoms with Gasteiger partial charge in [0, 0.05) is 22.4 Å². The number of carbonyl (C=O) groups excluding carboxylic acids is 1. The molecule has 0 saturated carbocycles. The molecule has 0 fully saturated rings. The summed E-state index contributed by atoms with van der Waals surface area (Å²) < 4.78 is 2.62. The van der Waals surface area contributed by atoms with Gasteiger partial charge in [0.05, 0.1) is 5.56 Å². The molecule has 2 heterocycles. The molecule has 0 aliphatic rings. The van der Waals surface area contributed by atoms with Gasteiger partial charge in [-0.3, -0.25) is 4.79 Å². The van der Waals surface area contributed by atoms with Crippen molar-refractivity contribution in [1.29, 1.82) is 0 Å². The Hall–Kier alpha value is -2.01. The average molecular weight is 316 g/mol. The number of benzene rings is 1. The van der Waals surface area contributed by atoms with E-state index in [1.54, 1.807) is 23.0 Å². The summed E-state index contributed by atoms with van der Waals surface area (Å²) in [4.78, 5) is 16.1. The second-order valence-corrected chi connectivity index (χ2v) is 5.09. The third kappa shape index (κ3) is 2.06. The minimum atomic E-state index is -0.0355. The van der Waals surface area contributed by atoms with Gasteiger partial charge in [0.15, 0.2) is 11.4 Å². The fraction of sp³-hybridized carbons (Fsp3) is 0.0714. The number of halogens is 1. The number of rotatable bonds is 2. The maximum absolute atomic E-state index is 11.9. The van der Waals surface area contributed by atoms with E-state index in [-0.39, 0.29) is 5.78 Å². The molecule has 0 unspecified atom stereocenters. The summed E-state index contributed by atoms with van der Waals surface area (Å²) >= 11 is 3.40. The first-order valence-electron chi connectivity index (χ1n) is 5.77. The van der Waals surface area contributed by atoms with Crippen LogP contribution in [0.5, 0.6) is 0 Å². The van der Waals surface area contributed by atoms with Crippen LogP contribution in [0.3, 0.4) is 0 Å². The van der Waals surface area contributed by atoms with Crippen LogP contribution in [-0.2, 0) is 0 Å². The van der Waals surface area contributed by atoms with Crippen LogP contribution < -0.4 is 0 Å². The van der Waals surface area contributed by atoms with Gasteiger partial charge in [-0.25, -0.2) is 9.50 Å². The smallest absolute Gasteiger partial charge is 0.166 e. The van der Waals surface area contributed by atoms with Crippen LogP contribution in [0, 0.1) is 0 Å². The number of fused-ring (bicyclic) bond motifs is 1. The zero-order valence-electron chi connectivity index (χ0n) is 10.2. The first kappa shape index (κ1) is 12.0. The van der Waals surface area contributed by atoms with Crippen molar-refractivity contribution in [3.05, 3.63) is 52.8 Å². The molecule has 5 heteroatoms. The molecule has 0 saturated heterocycles. The van der Waals surface area contributed by atoms with Crippen LogP contribution in [-0.4, -0.2) is 20.4 Å². The highest BCUT2D eigenvalue weighted by atomic mass is 79.9. The highest BCUT2D eigenvalue weighted by Crippen LogP contribution is 2.26. The fourth-order valence-electron chi connectivity index (χ4n) is 2.02. The van der Waals surface area contributed by atoms with E-state index in [9.17, 15) is 4.79 Å².